The Morgan fingerprint density at radius 2 is 1.47 bits per heavy atom. The lowest BCUT2D eigenvalue weighted by Crippen LogP contribution is -2.37. The summed E-state index contributed by atoms with van der Waals surface area (Å²) in [6.07, 6.45) is 14.7. The Morgan fingerprint density at radius 3 is 2.06 bits per heavy atom. The first-order valence-corrected chi connectivity index (χ1v) is 12.1. The van der Waals surface area contributed by atoms with E-state index in [0.29, 0.717) is 5.75 Å². The molecule has 1 aromatic rings. The first-order valence-electron chi connectivity index (χ1n) is 12.1. The van der Waals surface area contributed by atoms with Crippen LogP contribution < -0.4 is 4.74 Å². The normalized spacial score (nSPS) is 19.7. The van der Waals surface area contributed by atoms with E-state index in [1.54, 1.807) is 0 Å². The molecule has 0 radical (unpaired) electrons. The smallest absolute Gasteiger partial charge is 0.127 e. The number of allylic oxidation sites excluding steroid dienone is 6. The van der Waals surface area contributed by atoms with E-state index >= 15 is 0 Å². The van der Waals surface area contributed by atoms with Crippen molar-refractivity contribution < 1.29 is 14.2 Å². The number of hydrogen-bond donors (Lipinski definition) is 1. The van der Waals surface area contributed by atoms with Gasteiger partial charge in [0.2, 0.25) is 0 Å². The summed E-state index contributed by atoms with van der Waals surface area (Å²) in [6, 6.07) is 0. The molecule has 0 aliphatic carbocycles. The average Bonchev–Trinajstić information content (AvgIpc) is 2.75. The molecular formula is C29H43FO2. The molecular weight excluding hydrogens is 399 g/mol. The first kappa shape index (κ1) is 26.2. The van der Waals surface area contributed by atoms with Crippen LogP contribution in [-0.4, -0.2) is 17.4 Å². The van der Waals surface area contributed by atoms with Gasteiger partial charge in [-0.2, -0.15) is 0 Å². The Kier molecular flexibility index (Phi) is 9.61. The van der Waals surface area contributed by atoms with Crippen molar-refractivity contribution in [1.82, 2.24) is 0 Å². The van der Waals surface area contributed by atoms with Crippen molar-refractivity contribution in [2.75, 3.05) is 6.67 Å². The summed E-state index contributed by atoms with van der Waals surface area (Å²) in [4.78, 5) is 0. The number of phenolic OH excluding ortho intramolecular Hbond substituents is 1. The summed E-state index contributed by atoms with van der Waals surface area (Å²) >= 11 is 0. The van der Waals surface area contributed by atoms with Crippen molar-refractivity contribution in [3.8, 4) is 11.5 Å². The van der Waals surface area contributed by atoms with Gasteiger partial charge in [-0.3, -0.25) is 0 Å². The Balaban J connectivity index is 1.86. The number of halogens is 1. The van der Waals surface area contributed by atoms with E-state index in [1.807, 2.05) is 26.8 Å². The van der Waals surface area contributed by atoms with Gasteiger partial charge in [0.15, 0.2) is 0 Å². The number of hydrogen-bond acceptors (Lipinski definition) is 2. The van der Waals surface area contributed by atoms with Gasteiger partial charge in [0.25, 0.3) is 0 Å². The second-order valence-electron chi connectivity index (χ2n) is 9.98. The Bertz CT molecular complexity index is 891. The molecule has 0 unspecified atom stereocenters. The Hall–Kier alpha value is -2.03. The van der Waals surface area contributed by atoms with E-state index in [0.717, 1.165) is 79.4 Å². The summed E-state index contributed by atoms with van der Waals surface area (Å²) in [7, 11) is 0. The number of aromatic hydroxyl groups is 1. The van der Waals surface area contributed by atoms with Gasteiger partial charge in [0.05, 0.1) is 0 Å². The molecule has 178 valence electrons. The zero-order chi connectivity index (χ0) is 23.9. The fraction of sp³-hybridized carbons (Fsp3) is 0.586. The molecule has 1 heterocycles. The number of alkyl halides is 1. The van der Waals surface area contributed by atoms with Gasteiger partial charge in [-0.05, 0) is 122 Å². The highest BCUT2D eigenvalue weighted by molar-refractivity contribution is 5.58. The number of phenols is 1. The minimum absolute atomic E-state index is 0.161. The highest BCUT2D eigenvalue weighted by Gasteiger charge is 2.33. The van der Waals surface area contributed by atoms with Crippen LogP contribution in [0.5, 0.6) is 11.5 Å². The number of rotatable bonds is 10. The molecule has 0 saturated heterocycles. The zero-order valence-corrected chi connectivity index (χ0v) is 21.3. The predicted octanol–water partition coefficient (Wildman–Crippen LogP) is 8.55. The number of benzene rings is 1. The molecule has 1 aliphatic rings. The van der Waals surface area contributed by atoms with Crippen molar-refractivity contribution in [2.45, 2.75) is 105 Å². The van der Waals surface area contributed by atoms with Crippen LogP contribution in [0.3, 0.4) is 0 Å². The second-order valence-corrected chi connectivity index (χ2v) is 9.98. The summed E-state index contributed by atoms with van der Waals surface area (Å²) in [5.74, 6) is 1.41. The van der Waals surface area contributed by atoms with Crippen molar-refractivity contribution in [1.29, 1.82) is 0 Å². The van der Waals surface area contributed by atoms with Crippen LogP contribution in [0.1, 0.15) is 94.9 Å². The van der Waals surface area contributed by atoms with E-state index in [9.17, 15) is 9.50 Å². The van der Waals surface area contributed by atoms with Crippen molar-refractivity contribution in [3.63, 3.8) is 0 Å². The standard InChI is InChI=1S/C29H43FO2/c1-20(13-9-14-22(3)19-30)11-8-12-21(2)15-10-17-29(7)18-16-26-25(6)27(31)23(4)24(5)28(26)32-29/h11,14-15,31H,8-10,12-13,16-19H2,1-7H3/b20-11+,21-15+,22-14+/t29-/m1/s1. The summed E-state index contributed by atoms with van der Waals surface area (Å²) in [6.45, 7) is 14.1. The molecule has 0 amide bonds. The van der Waals surface area contributed by atoms with Crippen LogP contribution in [-0.2, 0) is 6.42 Å². The summed E-state index contributed by atoms with van der Waals surface area (Å²) in [5.41, 5.74) is 7.62. The van der Waals surface area contributed by atoms with Gasteiger partial charge in [0, 0.05) is 5.56 Å². The molecule has 0 aromatic heterocycles. The molecule has 0 spiro atoms. The van der Waals surface area contributed by atoms with Gasteiger partial charge in [-0.25, -0.2) is 4.39 Å². The lowest BCUT2D eigenvalue weighted by molar-refractivity contribution is 0.0558. The predicted molar refractivity (Wildman–Crippen MR) is 135 cm³/mol. The van der Waals surface area contributed by atoms with E-state index < -0.39 is 0 Å². The third-order valence-electron chi connectivity index (χ3n) is 7.03. The number of ether oxygens (including phenoxy) is 1. The van der Waals surface area contributed by atoms with Crippen LogP contribution in [0.4, 0.5) is 4.39 Å². The van der Waals surface area contributed by atoms with Crippen LogP contribution in [0, 0.1) is 20.8 Å². The molecule has 32 heavy (non-hydrogen) atoms. The zero-order valence-electron chi connectivity index (χ0n) is 21.3. The maximum Gasteiger partial charge on any atom is 0.127 e. The molecule has 1 aromatic carbocycles. The summed E-state index contributed by atoms with van der Waals surface area (Å²) in [5, 5.41) is 10.4. The molecule has 0 fully saturated rings. The van der Waals surface area contributed by atoms with E-state index in [2.05, 4.69) is 39.8 Å². The lowest BCUT2D eigenvalue weighted by Gasteiger charge is -2.38. The van der Waals surface area contributed by atoms with Crippen molar-refractivity contribution >= 4 is 0 Å². The van der Waals surface area contributed by atoms with E-state index in [-0.39, 0.29) is 12.3 Å². The van der Waals surface area contributed by atoms with E-state index in [4.69, 9.17) is 4.74 Å². The topological polar surface area (TPSA) is 29.5 Å². The highest BCUT2D eigenvalue weighted by Crippen LogP contribution is 2.44. The Labute approximate surface area is 195 Å². The maximum atomic E-state index is 12.5. The average molecular weight is 443 g/mol. The molecule has 1 atom stereocenters. The second kappa shape index (κ2) is 11.7. The monoisotopic (exact) mass is 442 g/mol. The lowest BCUT2D eigenvalue weighted by atomic mass is 9.85. The van der Waals surface area contributed by atoms with Crippen LogP contribution in [0.15, 0.2) is 34.9 Å². The van der Waals surface area contributed by atoms with Gasteiger partial charge in [-0.1, -0.05) is 29.4 Å². The summed E-state index contributed by atoms with van der Waals surface area (Å²) < 4.78 is 19.0. The van der Waals surface area contributed by atoms with Crippen LogP contribution in [0.2, 0.25) is 0 Å². The van der Waals surface area contributed by atoms with E-state index in [1.165, 1.54) is 16.7 Å². The third kappa shape index (κ3) is 6.98. The largest absolute Gasteiger partial charge is 0.507 e. The minimum Gasteiger partial charge on any atom is -0.507 e. The van der Waals surface area contributed by atoms with Crippen LogP contribution in [0.25, 0.3) is 0 Å². The molecule has 1 N–H and O–H groups in total. The van der Waals surface area contributed by atoms with Gasteiger partial charge >= 0.3 is 0 Å². The SMILES string of the molecule is C/C(=C\CC/C(C)=C/CC/C(C)=C/CC[C@]1(C)CCc2c(C)c(O)c(C)c(C)c2O1)CF. The van der Waals surface area contributed by atoms with Crippen molar-refractivity contribution in [2.24, 2.45) is 0 Å². The quantitative estimate of drug-likeness (QED) is 0.368. The molecule has 3 heteroatoms. The van der Waals surface area contributed by atoms with Gasteiger partial charge in [-0.15, -0.1) is 0 Å². The van der Waals surface area contributed by atoms with Crippen molar-refractivity contribution in [3.05, 3.63) is 57.2 Å². The fourth-order valence-electron chi connectivity index (χ4n) is 4.45. The number of fused-ring (bicyclic) bond motifs is 1. The third-order valence-corrected chi connectivity index (χ3v) is 7.03. The van der Waals surface area contributed by atoms with Gasteiger partial charge in [0.1, 0.15) is 23.8 Å². The van der Waals surface area contributed by atoms with Crippen LogP contribution >= 0.6 is 0 Å². The highest BCUT2D eigenvalue weighted by atomic mass is 19.1. The van der Waals surface area contributed by atoms with Gasteiger partial charge < -0.3 is 9.84 Å². The minimum atomic E-state index is -0.341. The first-order chi connectivity index (χ1) is 15.1. The molecule has 1 aliphatic heterocycles. The molecule has 0 saturated carbocycles. The molecule has 2 nitrogen and oxygen atoms in total. The fourth-order valence-corrected chi connectivity index (χ4v) is 4.45. The maximum absolute atomic E-state index is 12.5. The molecule has 2 rings (SSSR count). The molecule has 0 bridgehead atoms. The Morgan fingerprint density at radius 1 is 0.906 bits per heavy atom.